The zero-order valence-corrected chi connectivity index (χ0v) is 19.6. The second-order valence-electron chi connectivity index (χ2n) is 8.20. The van der Waals surface area contributed by atoms with Crippen LogP contribution < -0.4 is 15.4 Å². The minimum atomic E-state index is -0.0563. The molecule has 1 aliphatic rings. The van der Waals surface area contributed by atoms with E-state index in [-0.39, 0.29) is 5.41 Å². The van der Waals surface area contributed by atoms with E-state index in [4.69, 9.17) is 14.5 Å². The maximum atomic E-state index is 5.72. The van der Waals surface area contributed by atoms with E-state index in [2.05, 4.69) is 60.0 Å². The lowest BCUT2D eigenvalue weighted by Crippen LogP contribution is -2.48. The Morgan fingerprint density at radius 1 is 1.30 bits per heavy atom. The topological polar surface area (TPSA) is 67.8 Å². The number of nitrogens with one attached hydrogen (secondary N) is 2. The normalized spacial score (nSPS) is 16.5. The first-order valence-electron chi connectivity index (χ1n) is 10.6. The number of methoxy groups -OCH3 is 1. The van der Waals surface area contributed by atoms with Crippen molar-refractivity contribution in [1.29, 1.82) is 0 Å². The third kappa shape index (κ3) is 5.32. The van der Waals surface area contributed by atoms with Crippen LogP contribution in [0, 0.1) is 6.92 Å². The molecule has 0 spiro atoms. The van der Waals surface area contributed by atoms with Crippen molar-refractivity contribution in [2.75, 3.05) is 33.9 Å². The molecule has 0 radical (unpaired) electrons. The van der Waals surface area contributed by atoms with Gasteiger partial charge in [0.2, 0.25) is 0 Å². The molecular formula is C23H34N4O2S. The van der Waals surface area contributed by atoms with Crippen LogP contribution in [0.25, 0.3) is 0 Å². The molecular weight excluding hydrogens is 396 g/mol. The zero-order valence-electron chi connectivity index (χ0n) is 18.7. The molecule has 3 rings (SSSR count). The Balaban J connectivity index is 1.71. The van der Waals surface area contributed by atoms with Gasteiger partial charge in [0.15, 0.2) is 5.96 Å². The molecule has 6 nitrogen and oxygen atoms in total. The molecule has 0 atom stereocenters. The number of benzene rings is 1. The Bertz CT molecular complexity index is 857. The van der Waals surface area contributed by atoms with Crippen LogP contribution >= 0.6 is 11.3 Å². The number of thiazole rings is 1. The van der Waals surface area contributed by atoms with Gasteiger partial charge in [-0.2, -0.15) is 0 Å². The predicted octanol–water partition coefficient (Wildman–Crippen LogP) is 4.00. The van der Waals surface area contributed by atoms with Crippen LogP contribution in [0.1, 0.15) is 54.4 Å². The fourth-order valence-corrected chi connectivity index (χ4v) is 4.74. The van der Waals surface area contributed by atoms with E-state index in [9.17, 15) is 0 Å². The highest BCUT2D eigenvalue weighted by atomic mass is 32.1. The molecule has 0 amide bonds. The Hall–Kier alpha value is -2.12. The average molecular weight is 431 g/mol. The molecule has 0 unspecified atom stereocenters. The highest BCUT2D eigenvalue weighted by Crippen LogP contribution is 2.40. The van der Waals surface area contributed by atoms with Crippen LogP contribution in [0.15, 0.2) is 28.6 Å². The molecule has 1 fully saturated rings. The number of ether oxygens (including phenoxy) is 2. The number of hydrogen-bond donors (Lipinski definition) is 2. The maximum absolute atomic E-state index is 5.72. The van der Waals surface area contributed by atoms with E-state index in [1.54, 1.807) is 25.5 Å². The van der Waals surface area contributed by atoms with Crippen molar-refractivity contribution in [3.63, 3.8) is 0 Å². The zero-order chi connectivity index (χ0) is 21.6. The minimum absolute atomic E-state index is 0.0563. The van der Waals surface area contributed by atoms with Crippen molar-refractivity contribution in [3.8, 4) is 5.75 Å². The van der Waals surface area contributed by atoms with Gasteiger partial charge >= 0.3 is 0 Å². The predicted molar refractivity (Wildman–Crippen MR) is 124 cm³/mol. The van der Waals surface area contributed by atoms with E-state index in [0.717, 1.165) is 55.0 Å². The van der Waals surface area contributed by atoms with Crippen molar-refractivity contribution in [3.05, 3.63) is 45.4 Å². The molecule has 2 N–H and O–H groups in total. The number of aryl methyl sites for hydroxylation is 1. The standard InChI is InChI=1S/C23H34N4O2S/c1-16(2)19-14-30-21(27-19)13-25-22(24-4)26-15-23(8-10-29-11-9-23)18-12-17(3)6-7-20(18)28-5/h6-7,12,14,16H,8-11,13,15H2,1-5H3,(H2,24,25,26). The van der Waals surface area contributed by atoms with Crippen LogP contribution in [-0.4, -0.2) is 44.9 Å². The third-order valence-corrected chi connectivity index (χ3v) is 6.63. The molecule has 0 aliphatic carbocycles. The van der Waals surface area contributed by atoms with Crippen LogP contribution in [0.5, 0.6) is 5.75 Å². The Kier molecular flexibility index (Phi) is 7.72. The Morgan fingerprint density at radius 2 is 2.07 bits per heavy atom. The van der Waals surface area contributed by atoms with Gasteiger partial charge in [-0.1, -0.05) is 31.5 Å². The van der Waals surface area contributed by atoms with Crippen LogP contribution in [0.4, 0.5) is 0 Å². The van der Waals surface area contributed by atoms with Crippen molar-refractivity contribution in [2.24, 2.45) is 4.99 Å². The molecule has 0 saturated carbocycles. The molecule has 30 heavy (non-hydrogen) atoms. The molecule has 1 aromatic heterocycles. The minimum Gasteiger partial charge on any atom is -0.496 e. The summed E-state index contributed by atoms with van der Waals surface area (Å²) in [5.74, 6) is 2.18. The maximum Gasteiger partial charge on any atom is 0.191 e. The molecule has 0 bridgehead atoms. The fraction of sp³-hybridized carbons (Fsp3) is 0.565. The number of hydrogen-bond acceptors (Lipinski definition) is 5. The first-order chi connectivity index (χ1) is 14.5. The van der Waals surface area contributed by atoms with Gasteiger partial charge in [0.25, 0.3) is 0 Å². The molecule has 2 aromatic rings. The number of aliphatic imine (C=N–C) groups is 1. The summed E-state index contributed by atoms with van der Waals surface area (Å²) in [5.41, 5.74) is 3.58. The highest BCUT2D eigenvalue weighted by Gasteiger charge is 2.37. The van der Waals surface area contributed by atoms with Gasteiger partial charge < -0.3 is 20.1 Å². The van der Waals surface area contributed by atoms with Gasteiger partial charge in [-0.05, 0) is 31.7 Å². The van der Waals surface area contributed by atoms with Crippen LogP contribution in [0.2, 0.25) is 0 Å². The van der Waals surface area contributed by atoms with Gasteiger partial charge in [0.05, 0.1) is 19.3 Å². The second kappa shape index (κ2) is 10.3. The monoisotopic (exact) mass is 430 g/mol. The van der Waals surface area contributed by atoms with E-state index in [0.29, 0.717) is 12.5 Å². The Morgan fingerprint density at radius 3 is 2.70 bits per heavy atom. The lowest BCUT2D eigenvalue weighted by molar-refractivity contribution is 0.0505. The van der Waals surface area contributed by atoms with E-state index < -0.39 is 0 Å². The average Bonchev–Trinajstić information content (AvgIpc) is 3.24. The number of nitrogens with zero attached hydrogens (tertiary/aromatic N) is 2. The third-order valence-electron chi connectivity index (χ3n) is 5.76. The Labute approximate surface area is 184 Å². The largest absolute Gasteiger partial charge is 0.496 e. The highest BCUT2D eigenvalue weighted by molar-refractivity contribution is 7.09. The van der Waals surface area contributed by atoms with Gasteiger partial charge in [-0.15, -0.1) is 11.3 Å². The number of aromatic nitrogens is 1. The summed E-state index contributed by atoms with van der Waals surface area (Å²) in [5, 5.41) is 10.2. The molecule has 1 aliphatic heterocycles. The lowest BCUT2D eigenvalue weighted by atomic mass is 9.73. The number of guanidine groups is 1. The van der Waals surface area contributed by atoms with Crippen LogP contribution in [0.3, 0.4) is 0 Å². The molecule has 2 heterocycles. The van der Waals surface area contributed by atoms with Crippen molar-refractivity contribution in [1.82, 2.24) is 15.6 Å². The summed E-state index contributed by atoms with van der Waals surface area (Å²) < 4.78 is 11.4. The van der Waals surface area contributed by atoms with Gasteiger partial charge in [0.1, 0.15) is 10.8 Å². The molecule has 1 saturated heterocycles. The van der Waals surface area contributed by atoms with Gasteiger partial charge in [-0.3, -0.25) is 4.99 Å². The van der Waals surface area contributed by atoms with Crippen molar-refractivity contribution in [2.45, 2.75) is 51.5 Å². The summed E-state index contributed by atoms with van der Waals surface area (Å²) >= 11 is 1.69. The van der Waals surface area contributed by atoms with Gasteiger partial charge in [0, 0.05) is 43.2 Å². The number of rotatable bonds is 7. The smallest absolute Gasteiger partial charge is 0.191 e. The molecule has 7 heteroatoms. The first kappa shape index (κ1) is 22.6. The van der Waals surface area contributed by atoms with Gasteiger partial charge in [-0.25, -0.2) is 4.98 Å². The molecule has 164 valence electrons. The first-order valence-corrected chi connectivity index (χ1v) is 11.5. The van der Waals surface area contributed by atoms with Crippen LogP contribution in [-0.2, 0) is 16.7 Å². The summed E-state index contributed by atoms with van der Waals surface area (Å²) in [7, 11) is 3.55. The lowest BCUT2D eigenvalue weighted by Gasteiger charge is -2.39. The SMILES string of the molecule is CN=C(NCc1nc(C(C)C)cs1)NCC1(c2cc(C)ccc2OC)CCOCC1. The summed E-state index contributed by atoms with van der Waals surface area (Å²) in [6, 6.07) is 6.43. The summed E-state index contributed by atoms with van der Waals surface area (Å²) in [6.45, 7) is 9.40. The van der Waals surface area contributed by atoms with E-state index in [1.165, 1.54) is 11.1 Å². The van der Waals surface area contributed by atoms with Crippen molar-refractivity contribution < 1.29 is 9.47 Å². The summed E-state index contributed by atoms with van der Waals surface area (Å²) in [6.07, 6.45) is 1.89. The van der Waals surface area contributed by atoms with E-state index >= 15 is 0 Å². The quantitative estimate of drug-likeness (QED) is 0.513. The van der Waals surface area contributed by atoms with Crippen molar-refractivity contribution >= 4 is 17.3 Å². The fourth-order valence-electron chi connectivity index (χ4n) is 3.84. The summed E-state index contributed by atoms with van der Waals surface area (Å²) in [4.78, 5) is 9.12. The second-order valence-corrected chi connectivity index (χ2v) is 9.14. The van der Waals surface area contributed by atoms with E-state index in [1.807, 2.05) is 0 Å². The molecule has 1 aromatic carbocycles.